The predicted molar refractivity (Wildman–Crippen MR) is 74.6 cm³/mol. The van der Waals surface area contributed by atoms with Gasteiger partial charge in [-0.25, -0.2) is 4.39 Å². The highest BCUT2D eigenvalue weighted by atomic mass is 19.1. The average molecular weight is 261 g/mol. The SMILES string of the molecule is Cc1nn(Cc2ccc(F)cc2)c(C)c1CCCN. The lowest BCUT2D eigenvalue weighted by molar-refractivity contribution is 0.622. The first-order chi connectivity index (χ1) is 9.11. The topological polar surface area (TPSA) is 43.8 Å². The van der Waals surface area contributed by atoms with Crippen LogP contribution >= 0.6 is 0 Å². The molecule has 1 aromatic heterocycles. The standard InChI is InChI=1S/C15H20FN3/c1-11-15(4-3-9-17)12(2)19(18-11)10-13-5-7-14(16)8-6-13/h5-8H,3-4,9-10,17H2,1-2H3. The highest BCUT2D eigenvalue weighted by Crippen LogP contribution is 2.16. The van der Waals surface area contributed by atoms with Crippen molar-refractivity contribution in [2.45, 2.75) is 33.2 Å². The molecule has 0 fully saturated rings. The molecule has 0 aliphatic heterocycles. The Balaban J connectivity index is 2.19. The molecule has 2 rings (SSSR count). The lowest BCUT2D eigenvalue weighted by Gasteiger charge is -2.06. The Kier molecular flexibility index (Phi) is 4.32. The fourth-order valence-electron chi connectivity index (χ4n) is 2.29. The number of nitrogens with two attached hydrogens (primary N) is 1. The summed E-state index contributed by atoms with van der Waals surface area (Å²) in [6.45, 7) is 5.48. The van der Waals surface area contributed by atoms with E-state index in [0.29, 0.717) is 13.1 Å². The first-order valence-electron chi connectivity index (χ1n) is 6.59. The number of rotatable bonds is 5. The lowest BCUT2D eigenvalue weighted by atomic mass is 10.1. The number of aryl methyl sites for hydroxylation is 1. The molecule has 0 radical (unpaired) electrons. The Hall–Kier alpha value is -1.68. The summed E-state index contributed by atoms with van der Waals surface area (Å²) in [5.74, 6) is -0.208. The zero-order chi connectivity index (χ0) is 13.8. The maximum Gasteiger partial charge on any atom is 0.123 e. The Morgan fingerprint density at radius 2 is 1.89 bits per heavy atom. The van der Waals surface area contributed by atoms with Crippen LogP contribution in [0.5, 0.6) is 0 Å². The Bertz CT molecular complexity index is 543. The maximum atomic E-state index is 12.9. The summed E-state index contributed by atoms with van der Waals surface area (Å²) >= 11 is 0. The summed E-state index contributed by atoms with van der Waals surface area (Å²) in [6, 6.07) is 6.56. The molecule has 0 amide bonds. The van der Waals surface area contributed by atoms with Gasteiger partial charge in [-0.1, -0.05) is 12.1 Å². The van der Waals surface area contributed by atoms with E-state index in [9.17, 15) is 4.39 Å². The van der Waals surface area contributed by atoms with Crippen LogP contribution in [0.4, 0.5) is 4.39 Å². The van der Waals surface area contributed by atoms with Gasteiger partial charge in [0.05, 0.1) is 12.2 Å². The van der Waals surface area contributed by atoms with E-state index >= 15 is 0 Å². The molecule has 0 saturated heterocycles. The minimum atomic E-state index is -0.208. The van der Waals surface area contributed by atoms with Gasteiger partial charge < -0.3 is 5.73 Å². The summed E-state index contributed by atoms with van der Waals surface area (Å²) in [5.41, 5.74) is 10.1. The molecule has 0 spiro atoms. The molecule has 19 heavy (non-hydrogen) atoms. The van der Waals surface area contributed by atoms with E-state index in [1.165, 1.54) is 23.4 Å². The summed E-state index contributed by atoms with van der Waals surface area (Å²) in [5, 5.41) is 4.56. The fourth-order valence-corrected chi connectivity index (χ4v) is 2.29. The largest absolute Gasteiger partial charge is 0.330 e. The molecule has 102 valence electrons. The summed E-state index contributed by atoms with van der Waals surface area (Å²) in [7, 11) is 0. The predicted octanol–water partition coefficient (Wildman–Crippen LogP) is 2.58. The Morgan fingerprint density at radius 3 is 2.53 bits per heavy atom. The molecule has 0 atom stereocenters. The quantitative estimate of drug-likeness (QED) is 0.899. The van der Waals surface area contributed by atoms with E-state index in [4.69, 9.17) is 5.73 Å². The molecule has 4 heteroatoms. The molecular formula is C15H20FN3. The third-order valence-electron chi connectivity index (χ3n) is 3.41. The van der Waals surface area contributed by atoms with Crippen LogP contribution in [-0.4, -0.2) is 16.3 Å². The van der Waals surface area contributed by atoms with Crippen molar-refractivity contribution < 1.29 is 4.39 Å². The number of halogens is 1. The number of benzene rings is 1. The van der Waals surface area contributed by atoms with Gasteiger partial charge in [-0.3, -0.25) is 4.68 Å². The van der Waals surface area contributed by atoms with Crippen molar-refractivity contribution in [2.75, 3.05) is 6.54 Å². The second-order valence-corrected chi connectivity index (χ2v) is 4.83. The molecule has 0 aliphatic carbocycles. The van der Waals surface area contributed by atoms with Gasteiger partial charge in [-0.15, -0.1) is 0 Å². The number of hydrogen-bond acceptors (Lipinski definition) is 2. The van der Waals surface area contributed by atoms with Crippen molar-refractivity contribution >= 4 is 0 Å². The van der Waals surface area contributed by atoms with Crippen molar-refractivity contribution in [3.63, 3.8) is 0 Å². The highest BCUT2D eigenvalue weighted by Gasteiger charge is 2.11. The molecule has 0 aliphatic rings. The van der Waals surface area contributed by atoms with Gasteiger partial charge in [-0.2, -0.15) is 5.10 Å². The Labute approximate surface area is 113 Å². The third kappa shape index (κ3) is 3.20. The average Bonchev–Trinajstić information content (AvgIpc) is 2.65. The van der Waals surface area contributed by atoms with Gasteiger partial charge in [0.25, 0.3) is 0 Å². The van der Waals surface area contributed by atoms with E-state index in [1.807, 2.05) is 11.6 Å². The van der Waals surface area contributed by atoms with Gasteiger partial charge in [0.2, 0.25) is 0 Å². The minimum absolute atomic E-state index is 0.208. The second kappa shape index (κ2) is 5.97. The van der Waals surface area contributed by atoms with Gasteiger partial charge >= 0.3 is 0 Å². The van der Waals surface area contributed by atoms with Crippen LogP contribution in [0.15, 0.2) is 24.3 Å². The highest BCUT2D eigenvalue weighted by molar-refractivity contribution is 5.26. The molecule has 2 N–H and O–H groups in total. The van der Waals surface area contributed by atoms with Crippen molar-refractivity contribution in [1.29, 1.82) is 0 Å². The summed E-state index contributed by atoms with van der Waals surface area (Å²) in [4.78, 5) is 0. The molecule has 1 heterocycles. The van der Waals surface area contributed by atoms with Crippen LogP contribution in [0.1, 0.15) is 28.9 Å². The molecule has 0 saturated carbocycles. The molecule has 2 aromatic rings. The molecule has 0 bridgehead atoms. The van der Waals surface area contributed by atoms with E-state index in [0.717, 1.165) is 24.1 Å². The van der Waals surface area contributed by atoms with E-state index in [2.05, 4.69) is 12.0 Å². The van der Waals surface area contributed by atoms with Crippen molar-refractivity contribution in [2.24, 2.45) is 5.73 Å². The third-order valence-corrected chi connectivity index (χ3v) is 3.41. The van der Waals surface area contributed by atoms with Crippen LogP contribution in [0.2, 0.25) is 0 Å². The van der Waals surface area contributed by atoms with E-state index < -0.39 is 0 Å². The summed E-state index contributed by atoms with van der Waals surface area (Å²) in [6.07, 6.45) is 1.95. The Morgan fingerprint density at radius 1 is 1.21 bits per heavy atom. The first kappa shape index (κ1) is 13.7. The zero-order valence-electron chi connectivity index (χ0n) is 11.5. The molecule has 3 nitrogen and oxygen atoms in total. The van der Waals surface area contributed by atoms with Crippen LogP contribution in [0.25, 0.3) is 0 Å². The van der Waals surface area contributed by atoms with Gasteiger partial charge in [-0.05, 0) is 56.5 Å². The van der Waals surface area contributed by atoms with Crippen molar-refractivity contribution in [3.05, 3.63) is 52.6 Å². The van der Waals surface area contributed by atoms with Gasteiger partial charge in [0, 0.05) is 5.69 Å². The minimum Gasteiger partial charge on any atom is -0.330 e. The number of aromatic nitrogens is 2. The van der Waals surface area contributed by atoms with E-state index in [1.54, 1.807) is 12.1 Å². The fraction of sp³-hybridized carbons (Fsp3) is 0.400. The monoisotopic (exact) mass is 261 g/mol. The normalized spacial score (nSPS) is 10.9. The summed E-state index contributed by atoms with van der Waals surface area (Å²) < 4.78 is 14.9. The zero-order valence-corrected chi connectivity index (χ0v) is 11.5. The molecular weight excluding hydrogens is 241 g/mol. The van der Waals surface area contributed by atoms with Gasteiger partial charge in [0.15, 0.2) is 0 Å². The van der Waals surface area contributed by atoms with Crippen LogP contribution in [-0.2, 0) is 13.0 Å². The number of nitrogens with zero attached hydrogens (tertiary/aromatic N) is 2. The second-order valence-electron chi connectivity index (χ2n) is 4.83. The first-order valence-corrected chi connectivity index (χ1v) is 6.59. The number of hydrogen-bond donors (Lipinski definition) is 1. The van der Waals surface area contributed by atoms with Crippen LogP contribution in [0, 0.1) is 19.7 Å². The van der Waals surface area contributed by atoms with Gasteiger partial charge in [0.1, 0.15) is 5.82 Å². The van der Waals surface area contributed by atoms with Crippen molar-refractivity contribution in [1.82, 2.24) is 9.78 Å². The molecule has 0 unspecified atom stereocenters. The molecule has 1 aromatic carbocycles. The lowest BCUT2D eigenvalue weighted by Crippen LogP contribution is -2.05. The van der Waals surface area contributed by atoms with E-state index in [-0.39, 0.29) is 5.82 Å². The smallest absolute Gasteiger partial charge is 0.123 e. The van der Waals surface area contributed by atoms with Crippen LogP contribution in [0.3, 0.4) is 0 Å². The van der Waals surface area contributed by atoms with Crippen molar-refractivity contribution in [3.8, 4) is 0 Å². The maximum absolute atomic E-state index is 12.9. The van der Waals surface area contributed by atoms with Crippen LogP contribution < -0.4 is 5.73 Å².